The number of primary sulfonamides is 1. The van der Waals surface area contributed by atoms with Crippen LogP contribution in [0.15, 0.2) is 29.2 Å². The van der Waals surface area contributed by atoms with Crippen LogP contribution in [0.2, 0.25) is 0 Å². The Balaban J connectivity index is 1.66. The summed E-state index contributed by atoms with van der Waals surface area (Å²) < 4.78 is 23.0. The zero-order valence-corrected chi connectivity index (χ0v) is 19.0. The molecule has 2 saturated heterocycles. The van der Waals surface area contributed by atoms with Crippen LogP contribution in [0.5, 0.6) is 0 Å². The first-order chi connectivity index (χ1) is 15.6. The summed E-state index contributed by atoms with van der Waals surface area (Å²) in [6, 6.07) is 5.63. The van der Waals surface area contributed by atoms with E-state index in [4.69, 9.17) is 28.1 Å². The topological polar surface area (TPSA) is 221 Å². The molecule has 33 heavy (non-hydrogen) atoms. The van der Waals surface area contributed by atoms with Crippen molar-refractivity contribution in [2.45, 2.75) is 41.9 Å². The lowest BCUT2D eigenvalue weighted by atomic mass is 10.0. The van der Waals surface area contributed by atoms with Crippen LogP contribution < -0.4 is 43.2 Å². The fourth-order valence-corrected chi connectivity index (χ4v) is 4.75. The highest BCUT2D eigenvalue weighted by Gasteiger charge is 2.28. The first kappa shape index (κ1) is 23.5. The van der Waals surface area contributed by atoms with Crippen LogP contribution in [0.1, 0.15) is 12.8 Å². The number of benzene rings is 1. The third-order valence-electron chi connectivity index (χ3n) is 5.65. The van der Waals surface area contributed by atoms with Crippen molar-refractivity contribution in [3.63, 3.8) is 0 Å². The first-order valence-corrected chi connectivity index (χ1v) is 12.3. The van der Waals surface area contributed by atoms with E-state index in [1.807, 2.05) is 9.80 Å². The molecule has 180 valence electrons. The van der Waals surface area contributed by atoms with Crippen LogP contribution in [0.4, 0.5) is 23.5 Å². The Hall–Kier alpha value is -2.62. The summed E-state index contributed by atoms with van der Waals surface area (Å²) in [4.78, 5) is 17.7. The maximum absolute atomic E-state index is 11.5. The molecule has 0 aliphatic carbocycles. The van der Waals surface area contributed by atoms with E-state index in [1.54, 1.807) is 12.1 Å². The number of aromatic nitrogens is 3. The van der Waals surface area contributed by atoms with Crippen LogP contribution in [0.25, 0.3) is 0 Å². The molecule has 2 aliphatic rings. The second-order valence-electron chi connectivity index (χ2n) is 8.78. The molecule has 0 spiro atoms. The largest absolute Gasteiger partial charge is 0.338 e. The van der Waals surface area contributed by atoms with Crippen molar-refractivity contribution in [3.8, 4) is 0 Å². The number of hydrogen-bond donors (Lipinski definition) is 6. The van der Waals surface area contributed by atoms with Gasteiger partial charge in [0.1, 0.15) is 0 Å². The Morgan fingerprint density at radius 2 is 1.18 bits per heavy atom. The second kappa shape index (κ2) is 9.32. The summed E-state index contributed by atoms with van der Waals surface area (Å²) in [5.41, 5.74) is 25.3. The molecule has 0 bridgehead atoms. The average molecular weight is 478 g/mol. The monoisotopic (exact) mass is 477 g/mol. The fraction of sp³-hybridized carbons (Fsp3) is 0.526. The number of nitrogens with zero attached hydrogens (tertiary/aromatic N) is 5. The molecule has 13 nitrogen and oxygen atoms in total. The molecule has 0 radical (unpaired) electrons. The zero-order chi connectivity index (χ0) is 23.8. The van der Waals surface area contributed by atoms with E-state index in [2.05, 4.69) is 20.3 Å². The molecule has 0 unspecified atom stereocenters. The number of rotatable bonds is 5. The quantitative estimate of drug-likeness (QED) is 0.275. The first-order valence-electron chi connectivity index (χ1n) is 10.7. The van der Waals surface area contributed by atoms with Crippen molar-refractivity contribution in [1.82, 2.24) is 15.0 Å². The average Bonchev–Trinajstić information content (AvgIpc) is 2.72. The Morgan fingerprint density at radius 3 is 1.58 bits per heavy atom. The van der Waals surface area contributed by atoms with Gasteiger partial charge in [0.2, 0.25) is 27.9 Å². The van der Waals surface area contributed by atoms with Gasteiger partial charge < -0.3 is 38.1 Å². The van der Waals surface area contributed by atoms with Gasteiger partial charge in [-0.3, -0.25) is 0 Å². The number of nitrogens with one attached hydrogen (secondary N) is 1. The van der Waals surface area contributed by atoms with Crippen molar-refractivity contribution in [1.29, 1.82) is 0 Å². The van der Waals surface area contributed by atoms with Crippen molar-refractivity contribution >= 4 is 33.6 Å². The van der Waals surface area contributed by atoms with Crippen molar-refractivity contribution in [3.05, 3.63) is 24.3 Å². The van der Waals surface area contributed by atoms with Crippen LogP contribution in [0.3, 0.4) is 0 Å². The number of sulfonamides is 1. The molecule has 1 aromatic carbocycles. The van der Waals surface area contributed by atoms with Crippen LogP contribution in [-0.2, 0) is 10.0 Å². The van der Waals surface area contributed by atoms with E-state index in [-0.39, 0.29) is 29.1 Å². The van der Waals surface area contributed by atoms with Gasteiger partial charge in [-0.2, -0.15) is 15.0 Å². The second-order valence-corrected chi connectivity index (χ2v) is 10.3. The highest BCUT2D eigenvalue weighted by molar-refractivity contribution is 7.89. The Morgan fingerprint density at radius 1 is 0.758 bits per heavy atom. The minimum atomic E-state index is -3.79. The van der Waals surface area contributed by atoms with Crippen LogP contribution in [0, 0.1) is 0 Å². The van der Waals surface area contributed by atoms with Gasteiger partial charge >= 0.3 is 0 Å². The lowest BCUT2D eigenvalue weighted by Gasteiger charge is -2.37. The van der Waals surface area contributed by atoms with E-state index in [1.165, 1.54) is 12.1 Å². The maximum atomic E-state index is 11.5. The molecule has 11 N–H and O–H groups in total. The SMILES string of the molecule is N[C@@H]1C[C@H](N)CN(c2nc(Nc3ccc(S(N)(=O)=O)cc3)nc(N3C[C@H](N)C[C@H](N)C3)n2)C1. The smallest absolute Gasteiger partial charge is 0.238 e. The van der Waals surface area contributed by atoms with Crippen LogP contribution in [-0.4, -0.2) is 73.7 Å². The molecular weight excluding hydrogens is 446 g/mol. The number of hydrogen-bond acceptors (Lipinski definition) is 12. The van der Waals surface area contributed by atoms with E-state index < -0.39 is 10.0 Å². The Labute approximate surface area is 192 Å². The summed E-state index contributed by atoms with van der Waals surface area (Å²) in [5, 5.41) is 8.29. The predicted octanol–water partition coefficient (Wildman–Crippen LogP) is -2.01. The van der Waals surface area contributed by atoms with Gasteiger partial charge in [-0.05, 0) is 37.1 Å². The molecule has 0 amide bonds. The van der Waals surface area contributed by atoms with Gasteiger partial charge in [-0.15, -0.1) is 0 Å². The standard InChI is InChI=1S/C19H31N11O2S/c20-11-5-12(21)8-29(7-11)18-26-17(25-15-1-3-16(4-2-15)33(24,31)32)27-19(28-18)30-9-13(22)6-14(23)10-30/h1-4,11-14H,5-10,20-23H2,(H2,24,31,32)(H,25,26,27,28)/t11-,12+,13-,14+. The molecule has 0 saturated carbocycles. The highest BCUT2D eigenvalue weighted by atomic mass is 32.2. The third kappa shape index (κ3) is 5.85. The van der Waals surface area contributed by atoms with Crippen molar-refractivity contribution in [2.75, 3.05) is 41.3 Å². The minimum absolute atomic E-state index is 0.0117. The number of anilines is 4. The van der Waals surface area contributed by atoms with Crippen LogP contribution >= 0.6 is 0 Å². The number of nitrogens with two attached hydrogens (primary N) is 5. The van der Waals surface area contributed by atoms with Gasteiger partial charge in [0.05, 0.1) is 4.90 Å². The molecule has 1 aromatic heterocycles. The molecule has 2 fully saturated rings. The summed E-state index contributed by atoms with van der Waals surface area (Å²) >= 11 is 0. The molecule has 2 aromatic rings. The summed E-state index contributed by atoms with van der Waals surface area (Å²) in [6.07, 6.45) is 1.46. The molecular formula is C19H31N11O2S. The van der Waals surface area contributed by atoms with Gasteiger partial charge in [-0.25, -0.2) is 13.6 Å². The molecule has 2 aliphatic heterocycles. The van der Waals surface area contributed by atoms with Gasteiger partial charge in [0, 0.05) is 56.0 Å². The van der Waals surface area contributed by atoms with E-state index in [0.717, 1.165) is 12.8 Å². The van der Waals surface area contributed by atoms with Gasteiger partial charge in [0.15, 0.2) is 0 Å². The lowest BCUT2D eigenvalue weighted by molar-refractivity contribution is 0.441. The van der Waals surface area contributed by atoms with E-state index >= 15 is 0 Å². The summed E-state index contributed by atoms with van der Waals surface area (Å²) in [7, 11) is -3.79. The van der Waals surface area contributed by atoms with Crippen molar-refractivity contribution in [2.24, 2.45) is 28.1 Å². The summed E-state index contributed by atoms with van der Waals surface area (Å²) in [6.45, 7) is 2.27. The molecule has 4 atom stereocenters. The predicted molar refractivity (Wildman–Crippen MR) is 126 cm³/mol. The third-order valence-corrected chi connectivity index (χ3v) is 6.58. The Kier molecular flexibility index (Phi) is 6.65. The minimum Gasteiger partial charge on any atom is -0.338 e. The van der Waals surface area contributed by atoms with E-state index in [9.17, 15) is 8.42 Å². The lowest BCUT2D eigenvalue weighted by Crippen LogP contribution is -2.54. The normalized spacial score (nSPS) is 26.3. The summed E-state index contributed by atoms with van der Waals surface area (Å²) in [5.74, 6) is 1.18. The molecule has 4 rings (SSSR count). The van der Waals surface area contributed by atoms with Crippen molar-refractivity contribution < 1.29 is 8.42 Å². The molecule has 14 heteroatoms. The Bertz CT molecular complexity index is 1020. The zero-order valence-electron chi connectivity index (χ0n) is 18.2. The van der Waals surface area contributed by atoms with E-state index in [0.29, 0.717) is 49.7 Å². The maximum Gasteiger partial charge on any atom is 0.238 e. The number of piperidine rings is 2. The van der Waals surface area contributed by atoms with Gasteiger partial charge in [-0.1, -0.05) is 0 Å². The van der Waals surface area contributed by atoms with Gasteiger partial charge in [0.25, 0.3) is 0 Å². The fourth-order valence-electron chi connectivity index (χ4n) is 4.23. The highest BCUT2D eigenvalue weighted by Crippen LogP contribution is 2.24. The molecule has 3 heterocycles.